The van der Waals surface area contributed by atoms with Crippen molar-refractivity contribution in [1.29, 1.82) is 0 Å². The third kappa shape index (κ3) is 24.2. The van der Waals surface area contributed by atoms with Crippen molar-refractivity contribution in [2.75, 3.05) is 0 Å². The van der Waals surface area contributed by atoms with E-state index in [9.17, 15) is 10.2 Å². The van der Waals surface area contributed by atoms with Gasteiger partial charge >= 0.3 is 0 Å². The lowest BCUT2D eigenvalue weighted by molar-refractivity contribution is -0.0509. The van der Waals surface area contributed by atoms with Gasteiger partial charge in [-0.3, -0.25) is 0 Å². The fourth-order valence-corrected chi connectivity index (χ4v) is 4.23. The van der Waals surface area contributed by atoms with Gasteiger partial charge in [0.05, 0.1) is 11.7 Å². The van der Waals surface area contributed by atoms with Crippen molar-refractivity contribution in [2.24, 2.45) is 5.92 Å². The van der Waals surface area contributed by atoms with Crippen LogP contribution < -0.4 is 0 Å². The normalized spacial score (nSPS) is 16.2. The predicted octanol–water partition coefficient (Wildman–Crippen LogP) is 11.6. The van der Waals surface area contributed by atoms with Crippen LogP contribution in [-0.2, 0) is 0 Å². The maximum atomic E-state index is 9.98. The van der Waals surface area contributed by atoms with Gasteiger partial charge in [0, 0.05) is 0 Å². The fourth-order valence-electron chi connectivity index (χ4n) is 4.23. The highest BCUT2D eigenvalue weighted by atomic mass is 16.3. The summed E-state index contributed by atoms with van der Waals surface area (Å²) in [5.41, 5.74) is 7.07. The number of rotatable bonds is 20. The molecule has 0 saturated carbocycles. The Morgan fingerprint density at radius 1 is 0.667 bits per heavy atom. The Bertz CT molecular complexity index is 1020. The van der Waals surface area contributed by atoms with Crippen LogP contribution in [-0.4, -0.2) is 21.9 Å². The molecular weight excluding hydrogens is 512 g/mol. The fraction of sp³-hybridized carbons (Fsp3) is 0.550. The zero-order valence-corrected chi connectivity index (χ0v) is 28.8. The van der Waals surface area contributed by atoms with Gasteiger partial charge in [-0.15, -0.1) is 0 Å². The molecule has 0 radical (unpaired) electrons. The molecule has 236 valence electrons. The number of hydrogen-bond acceptors (Lipinski definition) is 2. The van der Waals surface area contributed by atoms with E-state index in [0.717, 1.165) is 44.9 Å². The minimum Gasteiger partial charge on any atom is -0.390 e. The average Bonchev–Trinajstić information content (AvgIpc) is 2.89. The monoisotopic (exact) mass is 576 g/mol. The molecule has 2 N–H and O–H groups in total. The highest BCUT2D eigenvalue weighted by molar-refractivity contribution is 5.27. The molecule has 2 nitrogen and oxygen atoms in total. The number of allylic oxidation sites excluding steroid dienone is 18. The topological polar surface area (TPSA) is 40.5 Å². The minimum absolute atomic E-state index is 0.596. The van der Waals surface area contributed by atoms with Crippen molar-refractivity contribution < 1.29 is 10.2 Å². The van der Waals surface area contributed by atoms with Crippen molar-refractivity contribution in [3.05, 3.63) is 106 Å². The molecule has 0 spiro atoms. The zero-order valence-electron chi connectivity index (χ0n) is 28.8. The molecule has 0 aliphatic rings. The smallest absolute Gasteiger partial charge is 0.0849 e. The van der Waals surface area contributed by atoms with Crippen LogP contribution in [0.3, 0.4) is 0 Å². The van der Waals surface area contributed by atoms with E-state index in [1.165, 1.54) is 39.9 Å². The molecule has 0 fully saturated rings. The van der Waals surface area contributed by atoms with Crippen LogP contribution >= 0.6 is 0 Å². The average molecular weight is 577 g/mol. The summed E-state index contributed by atoms with van der Waals surface area (Å²) in [5, 5.41) is 19.8. The molecule has 42 heavy (non-hydrogen) atoms. The SMILES string of the molecule is CC(C)=CCCC(C)/C=C/C/C(C)=C/C=C/C(C)=C/C=C/C=C(\C)CC/C=C(\C)CC/C=C(\C)CCC(O)C(C)(C)O. The Morgan fingerprint density at radius 3 is 1.86 bits per heavy atom. The van der Waals surface area contributed by atoms with Crippen LogP contribution in [0.1, 0.15) is 127 Å². The quantitative estimate of drug-likeness (QED) is 0.112. The van der Waals surface area contributed by atoms with Gasteiger partial charge in [-0.2, -0.15) is 0 Å². The lowest BCUT2D eigenvalue weighted by atomic mass is 9.95. The molecule has 0 aromatic heterocycles. The van der Waals surface area contributed by atoms with Crippen molar-refractivity contribution >= 4 is 0 Å². The summed E-state index contributed by atoms with van der Waals surface area (Å²) >= 11 is 0. The summed E-state index contributed by atoms with van der Waals surface area (Å²) in [6.07, 6.45) is 35.1. The van der Waals surface area contributed by atoms with Gasteiger partial charge in [0.2, 0.25) is 0 Å². The Balaban J connectivity index is 4.42. The van der Waals surface area contributed by atoms with E-state index in [2.05, 4.69) is 128 Å². The van der Waals surface area contributed by atoms with E-state index in [-0.39, 0.29) is 0 Å². The minimum atomic E-state index is -1.03. The second kappa shape index (κ2) is 23.1. The lowest BCUT2D eigenvalue weighted by Crippen LogP contribution is -2.35. The van der Waals surface area contributed by atoms with Crippen molar-refractivity contribution in [2.45, 2.75) is 139 Å². The molecule has 2 heteroatoms. The van der Waals surface area contributed by atoms with Gasteiger partial charge in [0.1, 0.15) is 0 Å². The molecule has 2 atom stereocenters. The van der Waals surface area contributed by atoms with Crippen molar-refractivity contribution in [3.8, 4) is 0 Å². The standard InChI is InChI=1S/C40H64O2/c1-32(2)18-13-21-35(5)24-16-27-36(6)25-14-22-33(3)19-11-12-20-34(4)23-15-26-37(7)28-17-29-38(8)30-31-39(41)40(9,10)42/h11-12,14,16,18-20,22,24-26,29,35,39,41-42H,13,15,17,21,23,27-28,30-31H2,1-10H3/b12-11+,22-14+,24-16+,33-19+,34-20+,36-25+,37-26+,38-29+. The van der Waals surface area contributed by atoms with E-state index in [0.29, 0.717) is 12.3 Å². The first-order chi connectivity index (χ1) is 19.7. The number of aliphatic hydroxyl groups is 2. The zero-order chi connectivity index (χ0) is 32.0. The van der Waals surface area contributed by atoms with Crippen LogP contribution in [0.25, 0.3) is 0 Å². The first-order valence-corrected chi connectivity index (χ1v) is 16.1. The number of aliphatic hydroxyl groups excluding tert-OH is 1. The summed E-state index contributed by atoms with van der Waals surface area (Å²) in [6.45, 7) is 20.8. The molecule has 0 aromatic rings. The summed E-state index contributed by atoms with van der Waals surface area (Å²) in [6, 6.07) is 0. The van der Waals surface area contributed by atoms with Gasteiger partial charge in [-0.25, -0.2) is 0 Å². The lowest BCUT2D eigenvalue weighted by Gasteiger charge is -2.24. The van der Waals surface area contributed by atoms with E-state index in [4.69, 9.17) is 0 Å². The van der Waals surface area contributed by atoms with E-state index in [1.807, 2.05) is 0 Å². The highest BCUT2D eigenvalue weighted by Crippen LogP contribution is 2.18. The molecular formula is C40H64O2. The van der Waals surface area contributed by atoms with Crippen LogP contribution in [0.15, 0.2) is 106 Å². The molecule has 0 rings (SSSR count). The first kappa shape index (κ1) is 39.6. The summed E-state index contributed by atoms with van der Waals surface area (Å²) in [5.74, 6) is 0.626. The van der Waals surface area contributed by atoms with Gasteiger partial charge in [-0.05, 0) is 126 Å². The molecule has 0 heterocycles. The number of hydrogen-bond donors (Lipinski definition) is 2. The van der Waals surface area contributed by atoms with Crippen LogP contribution in [0.2, 0.25) is 0 Å². The van der Waals surface area contributed by atoms with E-state index >= 15 is 0 Å². The second-order valence-electron chi connectivity index (χ2n) is 13.0. The predicted molar refractivity (Wildman–Crippen MR) is 189 cm³/mol. The molecule has 0 aromatic carbocycles. The molecule has 0 bridgehead atoms. The Hall–Kier alpha value is -2.42. The summed E-state index contributed by atoms with van der Waals surface area (Å²) in [7, 11) is 0. The third-order valence-electron chi connectivity index (χ3n) is 7.36. The molecule has 0 saturated heterocycles. The third-order valence-corrected chi connectivity index (χ3v) is 7.36. The molecule has 0 aliphatic carbocycles. The first-order valence-electron chi connectivity index (χ1n) is 16.1. The summed E-state index contributed by atoms with van der Waals surface area (Å²) in [4.78, 5) is 0. The second-order valence-corrected chi connectivity index (χ2v) is 13.0. The van der Waals surface area contributed by atoms with Crippen LogP contribution in [0.5, 0.6) is 0 Å². The van der Waals surface area contributed by atoms with Crippen LogP contribution in [0.4, 0.5) is 0 Å². The molecule has 0 amide bonds. The van der Waals surface area contributed by atoms with E-state index < -0.39 is 11.7 Å². The maximum Gasteiger partial charge on any atom is 0.0849 e. The Kier molecular flexibility index (Phi) is 21.8. The van der Waals surface area contributed by atoms with Crippen molar-refractivity contribution in [1.82, 2.24) is 0 Å². The molecule has 0 aliphatic heterocycles. The maximum absolute atomic E-state index is 9.98. The van der Waals surface area contributed by atoms with Crippen LogP contribution in [0, 0.1) is 5.92 Å². The van der Waals surface area contributed by atoms with Gasteiger partial charge in [0.25, 0.3) is 0 Å². The van der Waals surface area contributed by atoms with Gasteiger partial charge in [0.15, 0.2) is 0 Å². The highest BCUT2D eigenvalue weighted by Gasteiger charge is 2.23. The summed E-state index contributed by atoms with van der Waals surface area (Å²) < 4.78 is 0. The van der Waals surface area contributed by atoms with E-state index in [1.54, 1.807) is 13.8 Å². The van der Waals surface area contributed by atoms with Gasteiger partial charge < -0.3 is 10.2 Å². The largest absolute Gasteiger partial charge is 0.390 e. The van der Waals surface area contributed by atoms with Gasteiger partial charge in [-0.1, -0.05) is 113 Å². The molecule has 2 unspecified atom stereocenters. The Morgan fingerprint density at radius 2 is 1.24 bits per heavy atom. The Labute approximate surface area is 260 Å². The van der Waals surface area contributed by atoms with Crippen molar-refractivity contribution in [3.63, 3.8) is 0 Å².